The molecule has 0 unspecified atom stereocenters. The molecule has 0 aliphatic rings. The van der Waals surface area contributed by atoms with Crippen molar-refractivity contribution < 1.29 is 0 Å². The van der Waals surface area contributed by atoms with Gasteiger partial charge < -0.3 is 0 Å². The van der Waals surface area contributed by atoms with E-state index < -0.39 is 0 Å². The molecule has 0 aromatic carbocycles. The van der Waals surface area contributed by atoms with Crippen molar-refractivity contribution in [2.24, 2.45) is 0 Å². The molecule has 1 rings (SSSR count). The molecule has 0 aliphatic carbocycles. The molecule has 0 amide bonds. The van der Waals surface area contributed by atoms with Gasteiger partial charge in [-0.1, -0.05) is 27.8 Å². The SMILES string of the molecule is N#Cc1cc(C#CCBr)ccn1. The molecule has 0 saturated heterocycles. The van der Waals surface area contributed by atoms with E-state index >= 15 is 0 Å². The van der Waals surface area contributed by atoms with Crippen molar-refractivity contribution in [2.75, 3.05) is 5.33 Å². The summed E-state index contributed by atoms with van der Waals surface area (Å²) in [6.07, 6.45) is 1.58. The van der Waals surface area contributed by atoms with Gasteiger partial charge >= 0.3 is 0 Å². The van der Waals surface area contributed by atoms with Gasteiger partial charge in [-0.15, -0.1) is 0 Å². The topological polar surface area (TPSA) is 36.7 Å². The minimum atomic E-state index is 0.399. The zero-order chi connectivity index (χ0) is 8.81. The number of pyridine rings is 1. The van der Waals surface area contributed by atoms with Crippen molar-refractivity contribution in [3.05, 3.63) is 29.6 Å². The Morgan fingerprint density at radius 3 is 3.08 bits per heavy atom. The fourth-order valence-corrected chi connectivity index (χ4v) is 0.845. The molecular formula is C9H5BrN2. The predicted octanol–water partition coefficient (Wildman–Crippen LogP) is 1.70. The molecule has 0 radical (unpaired) electrons. The van der Waals surface area contributed by atoms with Crippen LogP contribution < -0.4 is 0 Å². The Morgan fingerprint density at radius 1 is 1.58 bits per heavy atom. The number of hydrogen-bond donors (Lipinski definition) is 0. The number of hydrogen-bond acceptors (Lipinski definition) is 2. The second-order valence-electron chi connectivity index (χ2n) is 1.98. The van der Waals surface area contributed by atoms with Crippen molar-refractivity contribution in [2.45, 2.75) is 0 Å². The average Bonchev–Trinajstić information content (AvgIpc) is 2.15. The monoisotopic (exact) mass is 220 g/mol. The number of rotatable bonds is 0. The van der Waals surface area contributed by atoms with Gasteiger partial charge in [0.2, 0.25) is 0 Å². The molecule has 12 heavy (non-hydrogen) atoms. The molecule has 0 atom stereocenters. The van der Waals surface area contributed by atoms with Crippen molar-refractivity contribution in [1.29, 1.82) is 5.26 Å². The van der Waals surface area contributed by atoms with Crippen LogP contribution in [0.5, 0.6) is 0 Å². The number of nitriles is 1. The van der Waals surface area contributed by atoms with Crippen LogP contribution in [0.25, 0.3) is 0 Å². The van der Waals surface area contributed by atoms with Crippen LogP contribution in [0.4, 0.5) is 0 Å². The van der Waals surface area contributed by atoms with Crippen molar-refractivity contribution >= 4 is 15.9 Å². The van der Waals surface area contributed by atoms with Gasteiger partial charge in [0, 0.05) is 11.8 Å². The summed E-state index contributed by atoms with van der Waals surface area (Å²) in [7, 11) is 0. The third kappa shape index (κ3) is 2.38. The lowest BCUT2D eigenvalue weighted by molar-refractivity contribution is 1.26. The van der Waals surface area contributed by atoms with E-state index in [1.54, 1.807) is 18.3 Å². The van der Waals surface area contributed by atoms with Crippen LogP contribution >= 0.6 is 15.9 Å². The predicted molar refractivity (Wildman–Crippen MR) is 49.6 cm³/mol. The standard InChI is InChI=1S/C9H5BrN2/c10-4-1-2-8-3-5-12-9(6-8)7-11/h3,5-6H,4H2. The Labute approximate surface area is 79.4 Å². The molecular weight excluding hydrogens is 216 g/mol. The van der Waals surface area contributed by atoms with Gasteiger partial charge in [-0.25, -0.2) is 4.98 Å². The Bertz CT molecular complexity index is 368. The first-order valence-corrected chi connectivity index (χ1v) is 4.40. The maximum atomic E-state index is 8.52. The molecule has 3 heteroatoms. The zero-order valence-electron chi connectivity index (χ0n) is 6.21. The third-order valence-corrected chi connectivity index (χ3v) is 1.45. The summed E-state index contributed by atoms with van der Waals surface area (Å²) < 4.78 is 0. The van der Waals surface area contributed by atoms with Crippen LogP contribution in [0.1, 0.15) is 11.3 Å². The Balaban J connectivity index is 2.96. The van der Waals surface area contributed by atoms with Gasteiger partial charge in [-0.05, 0) is 12.1 Å². The first-order valence-electron chi connectivity index (χ1n) is 3.28. The molecule has 1 aromatic rings. The van der Waals surface area contributed by atoms with E-state index in [4.69, 9.17) is 5.26 Å². The van der Waals surface area contributed by atoms with Gasteiger partial charge in [-0.3, -0.25) is 0 Å². The van der Waals surface area contributed by atoms with Gasteiger partial charge in [0.1, 0.15) is 11.8 Å². The van der Waals surface area contributed by atoms with Gasteiger partial charge in [-0.2, -0.15) is 5.26 Å². The summed E-state index contributed by atoms with van der Waals surface area (Å²) in [5, 5.41) is 9.15. The molecule has 1 aromatic heterocycles. The van der Waals surface area contributed by atoms with E-state index in [0.717, 1.165) is 5.56 Å². The summed E-state index contributed by atoms with van der Waals surface area (Å²) in [6, 6.07) is 5.39. The summed E-state index contributed by atoms with van der Waals surface area (Å²) in [5.74, 6) is 5.73. The van der Waals surface area contributed by atoms with Gasteiger partial charge in [0.05, 0.1) is 5.33 Å². The molecule has 0 aliphatic heterocycles. The van der Waals surface area contributed by atoms with E-state index in [9.17, 15) is 0 Å². The van der Waals surface area contributed by atoms with Crippen LogP contribution in [0.2, 0.25) is 0 Å². The van der Waals surface area contributed by atoms with E-state index in [1.165, 1.54) is 0 Å². The van der Waals surface area contributed by atoms with Crippen LogP contribution in [-0.2, 0) is 0 Å². The van der Waals surface area contributed by atoms with E-state index in [1.807, 2.05) is 6.07 Å². The highest BCUT2D eigenvalue weighted by Crippen LogP contribution is 1.98. The minimum absolute atomic E-state index is 0.399. The Kier molecular flexibility index (Phi) is 3.32. The zero-order valence-corrected chi connectivity index (χ0v) is 7.80. The smallest absolute Gasteiger partial charge is 0.141 e. The molecule has 0 bridgehead atoms. The number of aromatic nitrogens is 1. The molecule has 0 fully saturated rings. The first kappa shape index (κ1) is 8.77. The van der Waals surface area contributed by atoms with Crippen molar-refractivity contribution in [3.8, 4) is 17.9 Å². The molecule has 0 saturated carbocycles. The number of nitrogens with zero attached hydrogens (tertiary/aromatic N) is 2. The van der Waals surface area contributed by atoms with Crippen LogP contribution in [0.3, 0.4) is 0 Å². The van der Waals surface area contributed by atoms with Crippen molar-refractivity contribution in [1.82, 2.24) is 4.98 Å². The molecule has 0 spiro atoms. The fraction of sp³-hybridized carbons (Fsp3) is 0.111. The Hall–Kier alpha value is -1.32. The quantitative estimate of drug-likeness (QED) is 0.493. The maximum absolute atomic E-state index is 8.52. The van der Waals surface area contributed by atoms with Crippen molar-refractivity contribution in [3.63, 3.8) is 0 Å². The summed E-state index contributed by atoms with van der Waals surface area (Å²) in [5.41, 5.74) is 1.22. The molecule has 1 heterocycles. The highest BCUT2D eigenvalue weighted by molar-refractivity contribution is 9.09. The van der Waals surface area contributed by atoms with E-state index in [-0.39, 0.29) is 0 Å². The summed E-state index contributed by atoms with van der Waals surface area (Å²) >= 11 is 3.19. The lowest BCUT2D eigenvalue weighted by atomic mass is 10.2. The minimum Gasteiger partial charge on any atom is -0.245 e. The summed E-state index contributed by atoms with van der Waals surface area (Å²) in [6.45, 7) is 0. The fourth-order valence-electron chi connectivity index (χ4n) is 0.705. The second-order valence-corrected chi connectivity index (χ2v) is 2.54. The maximum Gasteiger partial charge on any atom is 0.141 e. The Morgan fingerprint density at radius 2 is 2.42 bits per heavy atom. The van der Waals surface area contributed by atoms with Crippen LogP contribution in [0, 0.1) is 23.2 Å². The third-order valence-electron chi connectivity index (χ3n) is 1.17. The number of halogens is 1. The molecule has 2 nitrogen and oxygen atoms in total. The van der Waals surface area contributed by atoms with Gasteiger partial charge in [0.25, 0.3) is 0 Å². The molecule has 58 valence electrons. The van der Waals surface area contributed by atoms with Crippen LogP contribution in [-0.4, -0.2) is 10.3 Å². The van der Waals surface area contributed by atoms with Crippen LogP contribution in [0.15, 0.2) is 18.3 Å². The van der Waals surface area contributed by atoms with Gasteiger partial charge in [0.15, 0.2) is 0 Å². The highest BCUT2D eigenvalue weighted by atomic mass is 79.9. The lowest BCUT2D eigenvalue weighted by Gasteiger charge is -1.88. The lowest BCUT2D eigenvalue weighted by Crippen LogP contribution is -1.82. The first-order chi connectivity index (χ1) is 5.86. The molecule has 0 N–H and O–H groups in total. The highest BCUT2D eigenvalue weighted by Gasteiger charge is 1.90. The number of alkyl halides is 1. The average molecular weight is 221 g/mol. The van der Waals surface area contributed by atoms with E-state index in [0.29, 0.717) is 11.0 Å². The summed E-state index contributed by atoms with van der Waals surface area (Å²) in [4.78, 5) is 3.83. The van der Waals surface area contributed by atoms with E-state index in [2.05, 4.69) is 32.8 Å². The normalized spacial score (nSPS) is 8.00. The second kappa shape index (κ2) is 4.54. The largest absolute Gasteiger partial charge is 0.245 e.